The van der Waals surface area contributed by atoms with Crippen molar-refractivity contribution in [3.8, 4) is 0 Å². The van der Waals surface area contributed by atoms with Crippen LogP contribution < -0.4 is 0 Å². The van der Waals surface area contributed by atoms with E-state index in [-0.39, 0.29) is 0 Å². The van der Waals surface area contributed by atoms with Gasteiger partial charge in [-0.15, -0.1) is 11.6 Å². The lowest BCUT2D eigenvalue weighted by molar-refractivity contribution is -0.136. The third-order valence-electron chi connectivity index (χ3n) is 1.40. The van der Waals surface area contributed by atoms with Crippen molar-refractivity contribution < 1.29 is 9.90 Å². The number of aliphatic carboxylic acids is 1. The lowest BCUT2D eigenvalue weighted by Gasteiger charge is -2.05. The Morgan fingerprint density at radius 3 is 2.58 bits per heavy atom. The van der Waals surface area contributed by atoms with Gasteiger partial charge in [0.1, 0.15) is 0 Å². The molecule has 0 saturated heterocycles. The van der Waals surface area contributed by atoms with Gasteiger partial charge in [-0.2, -0.15) is 0 Å². The number of halogens is 2. The van der Waals surface area contributed by atoms with Crippen molar-refractivity contribution in [1.29, 1.82) is 0 Å². The average Bonchev–Trinajstić information content (AvgIpc) is 2.04. The van der Waals surface area contributed by atoms with E-state index in [4.69, 9.17) is 16.7 Å². The van der Waals surface area contributed by atoms with E-state index in [9.17, 15) is 4.79 Å². The number of alkyl halides is 1. The van der Waals surface area contributed by atoms with Gasteiger partial charge in [-0.3, -0.25) is 4.79 Å². The summed E-state index contributed by atoms with van der Waals surface area (Å²) in [6.45, 7) is 0. The highest BCUT2D eigenvalue weighted by molar-refractivity contribution is 9.10. The monoisotopic (exact) mass is 248 g/mol. The van der Waals surface area contributed by atoms with Crippen molar-refractivity contribution >= 4 is 33.5 Å². The molecule has 1 aromatic carbocycles. The Morgan fingerprint density at radius 1 is 1.50 bits per heavy atom. The maximum absolute atomic E-state index is 10.5. The molecule has 1 rings (SSSR count). The summed E-state index contributed by atoms with van der Waals surface area (Å²) in [5.41, 5.74) is 0.576. The fraction of sp³-hybridized carbons (Fsp3) is 0.125. The van der Waals surface area contributed by atoms with Gasteiger partial charge in [-0.25, -0.2) is 0 Å². The zero-order chi connectivity index (χ0) is 9.14. The SMILES string of the molecule is O=C(O)[C@@H](Cl)c1ccccc1Br. The molecule has 12 heavy (non-hydrogen) atoms. The van der Waals surface area contributed by atoms with Crippen LogP contribution in [0.4, 0.5) is 0 Å². The van der Waals surface area contributed by atoms with Crippen LogP contribution in [0.5, 0.6) is 0 Å². The molecule has 0 aliphatic carbocycles. The lowest BCUT2D eigenvalue weighted by Crippen LogP contribution is -2.05. The molecule has 2 nitrogen and oxygen atoms in total. The number of rotatable bonds is 2. The Morgan fingerprint density at radius 2 is 2.08 bits per heavy atom. The Hall–Kier alpha value is -0.540. The molecular weight excluding hydrogens is 243 g/mol. The first kappa shape index (κ1) is 9.55. The summed E-state index contributed by atoms with van der Waals surface area (Å²) in [6.07, 6.45) is 0. The highest BCUT2D eigenvalue weighted by Crippen LogP contribution is 2.27. The van der Waals surface area contributed by atoms with Crippen LogP contribution in [0.3, 0.4) is 0 Å². The molecule has 0 aliphatic heterocycles. The van der Waals surface area contributed by atoms with E-state index in [1.54, 1.807) is 24.3 Å². The number of benzene rings is 1. The molecule has 4 heteroatoms. The van der Waals surface area contributed by atoms with Crippen LogP contribution in [-0.4, -0.2) is 11.1 Å². The summed E-state index contributed by atoms with van der Waals surface area (Å²) in [7, 11) is 0. The Kier molecular flexibility index (Phi) is 3.12. The van der Waals surface area contributed by atoms with Crippen LogP contribution in [-0.2, 0) is 4.79 Å². The normalized spacial score (nSPS) is 12.5. The molecule has 0 aromatic heterocycles. The third kappa shape index (κ3) is 1.99. The molecule has 1 atom stereocenters. The van der Waals surface area contributed by atoms with Crippen molar-refractivity contribution in [1.82, 2.24) is 0 Å². The molecule has 1 aromatic rings. The molecule has 0 aliphatic rings. The van der Waals surface area contributed by atoms with Crippen LogP contribution in [0.2, 0.25) is 0 Å². The van der Waals surface area contributed by atoms with Gasteiger partial charge in [0.05, 0.1) is 0 Å². The van der Waals surface area contributed by atoms with Gasteiger partial charge in [0, 0.05) is 4.47 Å². The highest BCUT2D eigenvalue weighted by atomic mass is 79.9. The summed E-state index contributed by atoms with van der Waals surface area (Å²) in [5.74, 6) is -1.04. The van der Waals surface area contributed by atoms with E-state index in [0.717, 1.165) is 0 Å². The molecular formula is C8H6BrClO2. The Bertz CT molecular complexity index is 301. The van der Waals surface area contributed by atoms with Gasteiger partial charge < -0.3 is 5.11 Å². The molecule has 0 fully saturated rings. The molecule has 0 saturated carbocycles. The van der Waals surface area contributed by atoms with E-state index in [0.29, 0.717) is 10.0 Å². The zero-order valence-electron chi connectivity index (χ0n) is 6.00. The minimum atomic E-state index is -1.04. The summed E-state index contributed by atoms with van der Waals surface area (Å²) in [5, 5.41) is 7.62. The fourth-order valence-corrected chi connectivity index (χ4v) is 1.65. The molecule has 1 N–H and O–H groups in total. The van der Waals surface area contributed by atoms with Crippen LogP contribution in [0.25, 0.3) is 0 Å². The minimum absolute atomic E-state index is 0.576. The fourth-order valence-electron chi connectivity index (χ4n) is 0.814. The number of hydrogen-bond donors (Lipinski definition) is 1. The molecule has 0 bridgehead atoms. The number of carboxylic acid groups (broad SMARTS) is 1. The average molecular weight is 249 g/mol. The first-order valence-corrected chi connectivity index (χ1v) is 4.47. The van der Waals surface area contributed by atoms with E-state index < -0.39 is 11.3 Å². The molecule has 0 spiro atoms. The molecule has 0 amide bonds. The van der Waals surface area contributed by atoms with E-state index in [1.165, 1.54) is 0 Å². The maximum atomic E-state index is 10.5. The van der Waals surface area contributed by atoms with Crippen molar-refractivity contribution in [2.75, 3.05) is 0 Å². The smallest absolute Gasteiger partial charge is 0.326 e. The van der Waals surface area contributed by atoms with E-state index in [2.05, 4.69) is 15.9 Å². The molecule has 64 valence electrons. The molecule has 0 radical (unpaired) electrons. The van der Waals surface area contributed by atoms with Gasteiger partial charge in [-0.1, -0.05) is 34.1 Å². The lowest BCUT2D eigenvalue weighted by atomic mass is 10.1. The summed E-state index contributed by atoms with van der Waals surface area (Å²) in [6, 6.07) is 6.99. The van der Waals surface area contributed by atoms with Gasteiger partial charge in [-0.05, 0) is 11.6 Å². The summed E-state index contributed by atoms with van der Waals surface area (Å²) < 4.78 is 0.715. The van der Waals surface area contributed by atoms with Gasteiger partial charge in [0.15, 0.2) is 5.38 Å². The van der Waals surface area contributed by atoms with Gasteiger partial charge in [0.25, 0.3) is 0 Å². The summed E-state index contributed by atoms with van der Waals surface area (Å²) >= 11 is 8.83. The Labute approximate surface area is 83.3 Å². The van der Waals surface area contributed by atoms with Gasteiger partial charge >= 0.3 is 5.97 Å². The quantitative estimate of drug-likeness (QED) is 0.818. The number of carbonyl (C=O) groups is 1. The minimum Gasteiger partial charge on any atom is -0.480 e. The van der Waals surface area contributed by atoms with Crippen LogP contribution in [0.1, 0.15) is 10.9 Å². The molecule has 0 unspecified atom stereocenters. The van der Waals surface area contributed by atoms with Crippen molar-refractivity contribution in [3.63, 3.8) is 0 Å². The second-order valence-electron chi connectivity index (χ2n) is 2.22. The van der Waals surface area contributed by atoms with Crippen molar-refractivity contribution in [2.24, 2.45) is 0 Å². The maximum Gasteiger partial charge on any atom is 0.326 e. The first-order valence-electron chi connectivity index (χ1n) is 3.24. The number of hydrogen-bond acceptors (Lipinski definition) is 1. The second-order valence-corrected chi connectivity index (χ2v) is 3.51. The number of carboxylic acids is 1. The zero-order valence-corrected chi connectivity index (χ0v) is 8.34. The largest absolute Gasteiger partial charge is 0.480 e. The highest BCUT2D eigenvalue weighted by Gasteiger charge is 2.17. The second kappa shape index (κ2) is 3.92. The first-order chi connectivity index (χ1) is 5.63. The topological polar surface area (TPSA) is 37.3 Å². The van der Waals surface area contributed by atoms with E-state index in [1.807, 2.05) is 0 Å². The van der Waals surface area contributed by atoms with E-state index >= 15 is 0 Å². The molecule has 0 heterocycles. The summed E-state index contributed by atoms with van der Waals surface area (Å²) in [4.78, 5) is 10.5. The predicted octanol–water partition coefficient (Wildman–Crippen LogP) is 2.81. The Balaban J connectivity index is 3.02. The van der Waals surface area contributed by atoms with Crippen molar-refractivity contribution in [3.05, 3.63) is 34.3 Å². The predicted molar refractivity (Wildman–Crippen MR) is 50.4 cm³/mol. The van der Waals surface area contributed by atoms with Crippen LogP contribution >= 0.6 is 27.5 Å². The third-order valence-corrected chi connectivity index (χ3v) is 2.54. The van der Waals surface area contributed by atoms with Crippen LogP contribution in [0.15, 0.2) is 28.7 Å². The standard InChI is InChI=1S/C8H6BrClO2/c9-6-4-2-1-3-5(6)7(10)8(11)12/h1-4,7H,(H,11,12)/t7-/m0/s1. The van der Waals surface area contributed by atoms with Crippen molar-refractivity contribution in [2.45, 2.75) is 5.38 Å². The van der Waals surface area contributed by atoms with Gasteiger partial charge in [0.2, 0.25) is 0 Å². The van der Waals surface area contributed by atoms with Crippen LogP contribution in [0, 0.1) is 0 Å².